The lowest BCUT2D eigenvalue weighted by Gasteiger charge is -2.10. The van der Waals surface area contributed by atoms with E-state index in [4.69, 9.17) is 5.73 Å². The highest BCUT2D eigenvalue weighted by Crippen LogP contribution is 2.28. The number of hydrogen-bond donors (Lipinski definition) is 4. The number of rotatable bonds is 8. The Labute approximate surface area is 169 Å². The Kier molecular flexibility index (Phi) is 5.35. The van der Waals surface area contributed by atoms with Gasteiger partial charge in [0.1, 0.15) is 11.6 Å². The van der Waals surface area contributed by atoms with E-state index in [-0.39, 0.29) is 5.91 Å². The predicted molar refractivity (Wildman–Crippen MR) is 115 cm³/mol. The molecule has 0 spiro atoms. The van der Waals surface area contributed by atoms with Gasteiger partial charge in [-0.05, 0) is 43.5 Å². The number of amides is 1. The second kappa shape index (κ2) is 8.08. The van der Waals surface area contributed by atoms with Crippen LogP contribution in [-0.2, 0) is 0 Å². The molecule has 2 heterocycles. The Hall–Kier alpha value is -3.13. The van der Waals surface area contributed by atoms with E-state index in [1.165, 1.54) is 0 Å². The molecule has 0 radical (unpaired) electrons. The van der Waals surface area contributed by atoms with Crippen LogP contribution >= 0.6 is 0 Å². The van der Waals surface area contributed by atoms with Crippen LogP contribution in [0.25, 0.3) is 16.8 Å². The van der Waals surface area contributed by atoms with Crippen LogP contribution in [0, 0.1) is 6.92 Å². The molecule has 1 fully saturated rings. The van der Waals surface area contributed by atoms with Gasteiger partial charge in [-0.1, -0.05) is 19.1 Å². The topological polar surface area (TPSA) is 109 Å². The van der Waals surface area contributed by atoms with Crippen molar-refractivity contribution < 1.29 is 4.79 Å². The second-order valence-electron chi connectivity index (χ2n) is 7.42. The van der Waals surface area contributed by atoms with E-state index in [0.717, 1.165) is 55.0 Å². The normalized spacial score (nSPS) is 13.6. The summed E-state index contributed by atoms with van der Waals surface area (Å²) in [4.78, 5) is 16.9. The minimum atomic E-state index is -0.00837. The highest BCUT2D eigenvalue weighted by Gasteiger charge is 2.24. The van der Waals surface area contributed by atoms with E-state index in [0.29, 0.717) is 23.1 Å². The average molecular weight is 393 g/mol. The van der Waals surface area contributed by atoms with Crippen molar-refractivity contribution >= 4 is 23.2 Å². The number of nitrogen functional groups attached to an aromatic ring is 1. The predicted octanol–water partition coefficient (Wildman–Crippen LogP) is 2.20. The Morgan fingerprint density at radius 2 is 2.10 bits per heavy atom. The molecule has 0 unspecified atom stereocenters. The van der Waals surface area contributed by atoms with Crippen LogP contribution < -0.4 is 21.7 Å². The molecule has 0 saturated heterocycles. The van der Waals surface area contributed by atoms with Gasteiger partial charge in [-0.2, -0.15) is 9.61 Å². The van der Waals surface area contributed by atoms with Gasteiger partial charge in [0.05, 0.1) is 6.20 Å². The number of nitrogens with zero attached hydrogens (tertiary/aromatic N) is 3. The highest BCUT2D eigenvalue weighted by atomic mass is 16.1. The van der Waals surface area contributed by atoms with Crippen molar-refractivity contribution in [2.75, 3.05) is 30.7 Å². The van der Waals surface area contributed by atoms with Gasteiger partial charge in [0, 0.05) is 36.3 Å². The SMILES string of the molecule is CCNCCNc1cc(N)nc2c(-c3ccc(C(=O)NC4CC4)c(C)c3)cnn12. The number of fused-ring (bicyclic) bond motifs is 1. The summed E-state index contributed by atoms with van der Waals surface area (Å²) in [5.74, 6) is 1.22. The Balaban J connectivity index is 1.62. The van der Waals surface area contributed by atoms with Crippen molar-refractivity contribution in [1.29, 1.82) is 0 Å². The number of anilines is 2. The zero-order valence-electron chi connectivity index (χ0n) is 16.8. The fraction of sp³-hybridized carbons (Fsp3) is 0.381. The number of nitrogens with one attached hydrogen (secondary N) is 3. The van der Waals surface area contributed by atoms with E-state index in [2.05, 4.69) is 33.0 Å². The minimum absolute atomic E-state index is 0.00837. The van der Waals surface area contributed by atoms with Crippen LogP contribution in [0.1, 0.15) is 35.7 Å². The van der Waals surface area contributed by atoms with Crippen molar-refractivity contribution in [3.63, 3.8) is 0 Å². The fourth-order valence-corrected chi connectivity index (χ4v) is 3.34. The molecule has 152 valence electrons. The lowest BCUT2D eigenvalue weighted by atomic mass is 10.0. The van der Waals surface area contributed by atoms with Gasteiger partial charge < -0.3 is 21.7 Å². The molecule has 2 aromatic heterocycles. The third-order valence-electron chi connectivity index (χ3n) is 5.04. The second-order valence-corrected chi connectivity index (χ2v) is 7.42. The van der Waals surface area contributed by atoms with Crippen molar-refractivity contribution in [3.8, 4) is 11.1 Å². The molecule has 1 aliphatic carbocycles. The molecular formula is C21H27N7O. The maximum absolute atomic E-state index is 12.4. The van der Waals surface area contributed by atoms with Crippen LogP contribution in [-0.4, -0.2) is 46.2 Å². The zero-order valence-corrected chi connectivity index (χ0v) is 16.8. The zero-order chi connectivity index (χ0) is 20.4. The van der Waals surface area contributed by atoms with Gasteiger partial charge in [-0.3, -0.25) is 4.79 Å². The van der Waals surface area contributed by atoms with Gasteiger partial charge in [0.2, 0.25) is 0 Å². The first kappa shape index (κ1) is 19.2. The number of aryl methyl sites for hydroxylation is 1. The molecule has 0 aliphatic heterocycles. The molecule has 29 heavy (non-hydrogen) atoms. The van der Waals surface area contributed by atoms with Crippen molar-refractivity contribution in [2.45, 2.75) is 32.7 Å². The van der Waals surface area contributed by atoms with Gasteiger partial charge in [0.15, 0.2) is 5.65 Å². The van der Waals surface area contributed by atoms with Gasteiger partial charge >= 0.3 is 0 Å². The van der Waals surface area contributed by atoms with Gasteiger partial charge in [-0.25, -0.2) is 4.98 Å². The first-order valence-electron chi connectivity index (χ1n) is 10.1. The molecule has 0 atom stereocenters. The first-order chi connectivity index (χ1) is 14.1. The number of hydrogen-bond acceptors (Lipinski definition) is 6. The number of carbonyl (C=O) groups excluding carboxylic acids is 1. The van der Waals surface area contributed by atoms with Crippen molar-refractivity contribution in [3.05, 3.63) is 41.6 Å². The summed E-state index contributed by atoms with van der Waals surface area (Å²) in [6.07, 6.45) is 3.93. The highest BCUT2D eigenvalue weighted by molar-refractivity contribution is 5.97. The number of nitrogens with two attached hydrogens (primary N) is 1. The fourth-order valence-electron chi connectivity index (χ4n) is 3.34. The number of likely N-dealkylation sites (N-methyl/N-ethyl adjacent to an activating group) is 1. The third kappa shape index (κ3) is 4.17. The molecule has 3 aromatic rings. The van der Waals surface area contributed by atoms with E-state index < -0.39 is 0 Å². The summed E-state index contributed by atoms with van der Waals surface area (Å²) in [6, 6.07) is 7.93. The van der Waals surface area contributed by atoms with Crippen molar-refractivity contribution in [1.82, 2.24) is 25.2 Å². The molecule has 1 aliphatic rings. The van der Waals surface area contributed by atoms with Crippen molar-refractivity contribution in [2.24, 2.45) is 0 Å². The molecule has 1 aromatic carbocycles. The van der Waals surface area contributed by atoms with Crippen LogP contribution in [0.4, 0.5) is 11.6 Å². The number of carbonyl (C=O) groups is 1. The van der Waals surface area contributed by atoms with Crippen LogP contribution in [0.2, 0.25) is 0 Å². The van der Waals surface area contributed by atoms with E-state index >= 15 is 0 Å². The molecule has 0 bridgehead atoms. The quantitative estimate of drug-likeness (QED) is 0.437. The smallest absolute Gasteiger partial charge is 0.251 e. The summed E-state index contributed by atoms with van der Waals surface area (Å²) in [5.41, 5.74) is 10.2. The largest absolute Gasteiger partial charge is 0.384 e. The number of aromatic nitrogens is 3. The monoisotopic (exact) mass is 393 g/mol. The van der Waals surface area contributed by atoms with E-state index in [1.54, 1.807) is 16.8 Å². The minimum Gasteiger partial charge on any atom is -0.384 e. The summed E-state index contributed by atoms with van der Waals surface area (Å²) < 4.78 is 1.76. The summed E-state index contributed by atoms with van der Waals surface area (Å²) >= 11 is 0. The molecule has 1 amide bonds. The van der Waals surface area contributed by atoms with Crippen LogP contribution in [0.3, 0.4) is 0 Å². The van der Waals surface area contributed by atoms with Gasteiger partial charge in [-0.15, -0.1) is 0 Å². The molecule has 8 nitrogen and oxygen atoms in total. The molecular weight excluding hydrogens is 366 g/mol. The lowest BCUT2D eigenvalue weighted by molar-refractivity contribution is 0.0950. The maximum atomic E-state index is 12.4. The van der Waals surface area contributed by atoms with Crippen LogP contribution in [0.5, 0.6) is 0 Å². The molecule has 4 rings (SSSR count). The molecule has 8 heteroatoms. The standard InChI is InChI=1S/C21H27N7O/c1-3-23-8-9-24-19-11-18(22)27-20-17(12-25-28(19)20)14-4-7-16(13(2)10-14)21(29)26-15-5-6-15/h4,7,10-12,15,23-24H,3,5-6,8-9H2,1-2H3,(H2,22,27)(H,26,29). The Bertz CT molecular complexity index is 1040. The lowest BCUT2D eigenvalue weighted by Crippen LogP contribution is -2.26. The van der Waals surface area contributed by atoms with E-state index in [9.17, 15) is 4.79 Å². The molecule has 5 N–H and O–H groups in total. The number of benzene rings is 1. The third-order valence-corrected chi connectivity index (χ3v) is 5.04. The van der Waals surface area contributed by atoms with Gasteiger partial charge in [0.25, 0.3) is 5.91 Å². The first-order valence-corrected chi connectivity index (χ1v) is 10.1. The average Bonchev–Trinajstić information content (AvgIpc) is 3.40. The van der Waals surface area contributed by atoms with Crippen LogP contribution in [0.15, 0.2) is 30.5 Å². The van der Waals surface area contributed by atoms with E-state index in [1.807, 2.05) is 25.1 Å². The molecule has 1 saturated carbocycles. The Morgan fingerprint density at radius 3 is 2.83 bits per heavy atom. The Morgan fingerprint density at radius 1 is 1.28 bits per heavy atom. The summed E-state index contributed by atoms with van der Waals surface area (Å²) in [5, 5.41) is 14.2. The maximum Gasteiger partial charge on any atom is 0.251 e. The summed E-state index contributed by atoms with van der Waals surface area (Å²) in [6.45, 7) is 6.55. The summed E-state index contributed by atoms with van der Waals surface area (Å²) in [7, 11) is 0.